The maximum absolute atomic E-state index is 12.4. The summed E-state index contributed by atoms with van der Waals surface area (Å²) in [5, 5.41) is 12.1. The molecule has 1 fully saturated rings. The van der Waals surface area contributed by atoms with E-state index in [1.54, 1.807) is 0 Å². The molecule has 0 bridgehead atoms. The zero-order valence-corrected chi connectivity index (χ0v) is 12.9. The summed E-state index contributed by atoms with van der Waals surface area (Å²) in [6.07, 6.45) is 4.65. The number of hydrogen-bond acceptors (Lipinski definition) is 3. The van der Waals surface area contributed by atoms with E-state index in [0.29, 0.717) is 19.1 Å². The molecule has 0 heterocycles. The van der Waals surface area contributed by atoms with Crippen molar-refractivity contribution in [1.29, 1.82) is 0 Å². The van der Waals surface area contributed by atoms with E-state index in [1.807, 2.05) is 25.8 Å². The molecular weight excluding hydrogens is 240 g/mol. The molecule has 0 atom stereocenters. The third-order valence-corrected chi connectivity index (χ3v) is 4.11. The SMILES string of the molecule is CN(CCO)CC(C)(C)C(=O)N[C@H]1CC[C@H](C)CC1. The second-order valence-electron chi connectivity index (χ2n) is 6.78. The molecule has 0 aliphatic heterocycles. The summed E-state index contributed by atoms with van der Waals surface area (Å²) in [6, 6.07) is 0.353. The van der Waals surface area contributed by atoms with Crippen molar-refractivity contribution < 1.29 is 9.90 Å². The smallest absolute Gasteiger partial charge is 0.227 e. The summed E-state index contributed by atoms with van der Waals surface area (Å²) in [5.74, 6) is 0.939. The van der Waals surface area contributed by atoms with Gasteiger partial charge in [-0.2, -0.15) is 0 Å². The maximum atomic E-state index is 12.4. The first-order chi connectivity index (χ1) is 8.85. The standard InChI is InChI=1S/C15H30N2O2/c1-12-5-7-13(8-6-12)16-14(19)15(2,3)11-17(4)9-10-18/h12-13,18H,5-11H2,1-4H3,(H,16,19)/t12-,13-. The van der Waals surface area contributed by atoms with Crippen LogP contribution in [0.4, 0.5) is 0 Å². The number of aliphatic hydroxyl groups is 1. The molecule has 2 N–H and O–H groups in total. The van der Waals surface area contributed by atoms with Gasteiger partial charge >= 0.3 is 0 Å². The predicted molar refractivity (Wildman–Crippen MR) is 77.9 cm³/mol. The third kappa shape index (κ3) is 5.49. The first-order valence-electron chi connectivity index (χ1n) is 7.45. The number of hydrogen-bond donors (Lipinski definition) is 2. The van der Waals surface area contributed by atoms with Crippen LogP contribution in [0.3, 0.4) is 0 Å². The highest BCUT2D eigenvalue weighted by molar-refractivity contribution is 5.82. The topological polar surface area (TPSA) is 52.6 Å². The largest absolute Gasteiger partial charge is 0.395 e. The first-order valence-corrected chi connectivity index (χ1v) is 7.45. The van der Waals surface area contributed by atoms with Crippen LogP contribution < -0.4 is 5.32 Å². The first kappa shape index (κ1) is 16.4. The molecule has 112 valence electrons. The van der Waals surface area contributed by atoms with Crippen molar-refractivity contribution in [3.63, 3.8) is 0 Å². The van der Waals surface area contributed by atoms with Gasteiger partial charge in [-0.1, -0.05) is 6.92 Å². The molecule has 1 saturated carbocycles. The molecule has 4 nitrogen and oxygen atoms in total. The molecule has 0 aromatic heterocycles. The minimum Gasteiger partial charge on any atom is -0.395 e. The minimum absolute atomic E-state index is 0.134. The van der Waals surface area contributed by atoms with E-state index in [2.05, 4.69) is 12.2 Å². The molecule has 1 aliphatic rings. The summed E-state index contributed by atoms with van der Waals surface area (Å²) in [5.41, 5.74) is -0.410. The van der Waals surface area contributed by atoms with Crippen molar-refractivity contribution in [2.45, 2.75) is 52.5 Å². The second kappa shape index (κ2) is 7.25. The molecule has 0 saturated heterocycles. The number of aliphatic hydroxyl groups excluding tert-OH is 1. The molecule has 1 amide bonds. The van der Waals surface area contributed by atoms with Gasteiger partial charge in [-0.3, -0.25) is 4.79 Å². The fraction of sp³-hybridized carbons (Fsp3) is 0.933. The lowest BCUT2D eigenvalue weighted by Gasteiger charge is -2.33. The van der Waals surface area contributed by atoms with Crippen LogP contribution in [-0.2, 0) is 4.79 Å². The van der Waals surface area contributed by atoms with Gasteiger partial charge in [0.05, 0.1) is 12.0 Å². The molecule has 0 unspecified atom stereocenters. The van der Waals surface area contributed by atoms with Crippen molar-refractivity contribution in [3.8, 4) is 0 Å². The van der Waals surface area contributed by atoms with E-state index in [0.717, 1.165) is 18.8 Å². The molecule has 0 radical (unpaired) electrons. The van der Waals surface area contributed by atoms with E-state index in [9.17, 15) is 4.79 Å². The zero-order chi connectivity index (χ0) is 14.5. The Kier molecular flexibility index (Phi) is 6.27. The van der Waals surface area contributed by atoms with Gasteiger partial charge in [0, 0.05) is 19.1 Å². The van der Waals surface area contributed by atoms with Crippen LogP contribution in [0.2, 0.25) is 0 Å². The van der Waals surface area contributed by atoms with Crippen molar-refractivity contribution in [2.24, 2.45) is 11.3 Å². The average Bonchev–Trinajstić information content (AvgIpc) is 2.31. The van der Waals surface area contributed by atoms with Crippen molar-refractivity contribution in [3.05, 3.63) is 0 Å². The number of nitrogens with one attached hydrogen (secondary N) is 1. The Morgan fingerprint density at radius 3 is 2.42 bits per heavy atom. The highest BCUT2D eigenvalue weighted by Gasteiger charge is 2.31. The lowest BCUT2D eigenvalue weighted by atomic mass is 9.85. The Morgan fingerprint density at radius 2 is 1.89 bits per heavy atom. The number of amides is 1. The normalized spacial score (nSPS) is 24.5. The number of carbonyl (C=O) groups excluding carboxylic acids is 1. The summed E-state index contributed by atoms with van der Waals surface area (Å²) < 4.78 is 0. The Hall–Kier alpha value is -0.610. The van der Waals surface area contributed by atoms with Crippen molar-refractivity contribution in [2.75, 3.05) is 26.7 Å². The van der Waals surface area contributed by atoms with Gasteiger partial charge in [-0.05, 0) is 52.5 Å². The lowest BCUT2D eigenvalue weighted by molar-refractivity contribution is -0.131. The predicted octanol–water partition coefficient (Wildman–Crippen LogP) is 1.63. The zero-order valence-electron chi connectivity index (χ0n) is 12.9. The molecule has 0 spiro atoms. The Bertz CT molecular complexity index is 284. The molecule has 19 heavy (non-hydrogen) atoms. The van der Waals surface area contributed by atoms with Crippen LogP contribution in [0.5, 0.6) is 0 Å². The fourth-order valence-corrected chi connectivity index (χ4v) is 2.78. The van der Waals surface area contributed by atoms with Gasteiger partial charge in [0.2, 0.25) is 5.91 Å². The lowest BCUT2D eigenvalue weighted by Crippen LogP contribution is -2.48. The number of carbonyl (C=O) groups is 1. The molecule has 1 aliphatic carbocycles. The molecular formula is C15H30N2O2. The average molecular weight is 270 g/mol. The molecule has 4 heteroatoms. The molecule has 0 aromatic carbocycles. The van der Waals surface area contributed by atoms with Gasteiger partial charge in [0.25, 0.3) is 0 Å². The second-order valence-corrected chi connectivity index (χ2v) is 6.78. The van der Waals surface area contributed by atoms with Crippen LogP contribution in [0, 0.1) is 11.3 Å². The van der Waals surface area contributed by atoms with E-state index in [4.69, 9.17) is 5.11 Å². The minimum atomic E-state index is -0.410. The maximum Gasteiger partial charge on any atom is 0.227 e. The Labute approximate surface area is 117 Å². The van der Waals surface area contributed by atoms with Crippen LogP contribution in [0.15, 0.2) is 0 Å². The van der Waals surface area contributed by atoms with E-state index in [1.165, 1.54) is 12.8 Å². The van der Waals surface area contributed by atoms with Crippen molar-refractivity contribution >= 4 is 5.91 Å². The molecule has 1 rings (SSSR count). The number of rotatable bonds is 6. The Balaban J connectivity index is 2.42. The van der Waals surface area contributed by atoms with Crippen molar-refractivity contribution in [1.82, 2.24) is 10.2 Å². The quantitative estimate of drug-likeness (QED) is 0.771. The monoisotopic (exact) mass is 270 g/mol. The number of nitrogens with zero attached hydrogens (tertiary/aromatic N) is 1. The van der Waals surface area contributed by atoms with Gasteiger partial charge in [0.1, 0.15) is 0 Å². The summed E-state index contributed by atoms with van der Waals surface area (Å²) in [6.45, 7) is 7.64. The van der Waals surface area contributed by atoms with Crippen LogP contribution in [0.25, 0.3) is 0 Å². The van der Waals surface area contributed by atoms with Gasteiger partial charge < -0.3 is 15.3 Å². The summed E-state index contributed by atoms with van der Waals surface area (Å²) in [7, 11) is 1.94. The van der Waals surface area contributed by atoms with E-state index in [-0.39, 0.29) is 12.5 Å². The van der Waals surface area contributed by atoms with E-state index >= 15 is 0 Å². The summed E-state index contributed by atoms with van der Waals surface area (Å²) in [4.78, 5) is 14.4. The van der Waals surface area contributed by atoms with Gasteiger partial charge in [-0.15, -0.1) is 0 Å². The van der Waals surface area contributed by atoms with Gasteiger partial charge in [0.15, 0.2) is 0 Å². The van der Waals surface area contributed by atoms with Crippen LogP contribution in [0.1, 0.15) is 46.5 Å². The van der Waals surface area contributed by atoms with Crippen LogP contribution in [-0.4, -0.2) is 48.7 Å². The van der Waals surface area contributed by atoms with Gasteiger partial charge in [-0.25, -0.2) is 0 Å². The highest BCUT2D eigenvalue weighted by Crippen LogP contribution is 2.25. The fourth-order valence-electron chi connectivity index (χ4n) is 2.78. The third-order valence-electron chi connectivity index (χ3n) is 4.11. The van der Waals surface area contributed by atoms with E-state index < -0.39 is 5.41 Å². The summed E-state index contributed by atoms with van der Waals surface area (Å²) >= 11 is 0. The Morgan fingerprint density at radius 1 is 1.32 bits per heavy atom. The highest BCUT2D eigenvalue weighted by atomic mass is 16.3. The number of likely N-dealkylation sites (N-methyl/N-ethyl adjacent to an activating group) is 1. The van der Waals surface area contributed by atoms with Crippen LogP contribution >= 0.6 is 0 Å². The molecule has 0 aromatic rings.